The number of phenols is 1. The number of furan rings is 1. The van der Waals surface area contributed by atoms with Crippen molar-refractivity contribution in [2.75, 3.05) is 12.0 Å². The van der Waals surface area contributed by atoms with Crippen LogP contribution in [0.25, 0.3) is 11.3 Å². The number of hydrogen-bond donors (Lipinski definition) is 2. The molecule has 1 fully saturated rings. The summed E-state index contributed by atoms with van der Waals surface area (Å²) in [6.45, 7) is 0. The van der Waals surface area contributed by atoms with Crippen LogP contribution in [0.5, 0.6) is 5.75 Å². The summed E-state index contributed by atoms with van der Waals surface area (Å²) in [6.07, 6.45) is 1.74. The number of aromatic hydroxyl groups is 1. The number of methoxy groups -OCH3 is 1. The Morgan fingerprint density at radius 1 is 1.09 bits per heavy atom. The summed E-state index contributed by atoms with van der Waals surface area (Å²) >= 11 is 5.70. The summed E-state index contributed by atoms with van der Waals surface area (Å²) in [7, 11) is 1.35. The number of nitrogens with zero attached hydrogens (tertiary/aromatic N) is 2. The fraction of sp³-hybridized carbons (Fsp3) is 0.115. The number of rotatable bonds is 5. The molecule has 3 heterocycles. The van der Waals surface area contributed by atoms with Crippen LogP contribution in [0.4, 0.5) is 5.69 Å². The lowest BCUT2D eigenvalue weighted by molar-refractivity contribution is 0.0601. The first-order chi connectivity index (χ1) is 16.5. The van der Waals surface area contributed by atoms with Gasteiger partial charge in [0.05, 0.1) is 24.4 Å². The van der Waals surface area contributed by atoms with Crippen LogP contribution in [0.15, 0.2) is 89.5 Å². The van der Waals surface area contributed by atoms with Gasteiger partial charge in [-0.15, -0.1) is 0 Å². The van der Waals surface area contributed by atoms with Gasteiger partial charge in [0.15, 0.2) is 5.11 Å². The van der Waals surface area contributed by atoms with E-state index in [-0.39, 0.29) is 17.8 Å². The van der Waals surface area contributed by atoms with E-state index in [0.717, 1.165) is 16.9 Å². The number of ether oxygens (including phenoxy) is 1. The van der Waals surface area contributed by atoms with Crippen LogP contribution < -0.4 is 10.2 Å². The van der Waals surface area contributed by atoms with Crippen LogP contribution in [0.3, 0.4) is 0 Å². The maximum Gasteiger partial charge on any atom is 0.337 e. The van der Waals surface area contributed by atoms with E-state index in [1.807, 2.05) is 41.3 Å². The molecule has 1 aliphatic rings. The Morgan fingerprint density at radius 3 is 2.65 bits per heavy atom. The number of hydrogen-bond acceptors (Lipinski definition) is 6. The number of thiocarbonyl (C=S) groups is 1. The second-order valence-electron chi connectivity index (χ2n) is 7.79. The molecule has 2 aromatic carbocycles. The maximum absolute atomic E-state index is 12.0. The Balaban J connectivity index is 1.57. The number of phenolic OH excluding ortho intramolecular Hbond substituents is 1. The Labute approximate surface area is 201 Å². The summed E-state index contributed by atoms with van der Waals surface area (Å²) in [4.78, 5) is 18.5. The van der Waals surface area contributed by atoms with Gasteiger partial charge in [-0.3, -0.25) is 4.98 Å². The highest BCUT2D eigenvalue weighted by molar-refractivity contribution is 7.80. The third-order valence-corrected chi connectivity index (χ3v) is 6.03. The molecule has 8 heteroatoms. The van der Waals surface area contributed by atoms with Crippen molar-refractivity contribution >= 4 is 29.0 Å². The molecule has 0 spiro atoms. The minimum Gasteiger partial charge on any atom is -0.508 e. The van der Waals surface area contributed by atoms with Crippen LogP contribution in [0.1, 0.15) is 33.9 Å². The first-order valence-corrected chi connectivity index (χ1v) is 11.0. The SMILES string of the molecule is COC(=O)c1cccc(-c2ccc([C@@H]3[C@H](c4ccccn4)NC(=S)N3c3ccc(O)cc3)o2)c1. The van der Waals surface area contributed by atoms with Gasteiger partial charge < -0.3 is 24.5 Å². The lowest BCUT2D eigenvalue weighted by atomic mass is 10.0. The van der Waals surface area contributed by atoms with Gasteiger partial charge in [0.1, 0.15) is 23.3 Å². The average Bonchev–Trinajstić information content (AvgIpc) is 3.49. The molecule has 0 amide bonds. The molecule has 7 nitrogen and oxygen atoms in total. The number of benzene rings is 2. The van der Waals surface area contributed by atoms with Gasteiger partial charge in [-0.05, 0) is 72.9 Å². The number of aromatic nitrogens is 1. The van der Waals surface area contributed by atoms with Crippen molar-refractivity contribution in [3.63, 3.8) is 0 Å². The lowest BCUT2D eigenvalue weighted by Crippen LogP contribution is -2.29. The molecule has 2 atom stereocenters. The predicted octanol–water partition coefficient (Wildman–Crippen LogP) is 5.01. The molecular weight excluding hydrogens is 450 g/mol. The molecule has 170 valence electrons. The third kappa shape index (κ3) is 3.99. The molecule has 0 radical (unpaired) electrons. The Morgan fingerprint density at radius 2 is 1.91 bits per heavy atom. The molecule has 0 bridgehead atoms. The molecule has 2 aromatic heterocycles. The van der Waals surface area contributed by atoms with E-state index in [0.29, 0.717) is 22.2 Å². The van der Waals surface area contributed by atoms with Gasteiger partial charge in [0.25, 0.3) is 0 Å². The van der Waals surface area contributed by atoms with Crippen molar-refractivity contribution in [3.8, 4) is 17.1 Å². The van der Waals surface area contributed by atoms with Crippen LogP contribution in [0.2, 0.25) is 0 Å². The zero-order valence-corrected chi connectivity index (χ0v) is 19.0. The van der Waals surface area contributed by atoms with Crippen molar-refractivity contribution in [2.45, 2.75) is 12.1 Å². The predicted molar refractivity (Wildman–Crippen MR) is 132 cm³/mol. The summed E-state index contributed by atoms with van der Waals surface area (Å²) in [5, 5.41) is 13.7. The van der Waals surface area contributed by atoms with Crippen LogP contribution in [-0.2, 0) is 4.74 Å². The van der Waals surface area contributed by atoms with Gasteiger partial charge in [-0.1, -0.05) is 18.2 Å². The molecule has 2 N–H and O–H groups in total. The normalized spacial score (nSPS) is 17.4. The number of nitrogens with one attached hydrogen (secondary N) is 1. The number of carbonyl (C=O) groups excluding carboxylic acids is 1. The molecule has 0 unspecified atom stereocenters. The molecule has 0 aliphatic carbocycles. The molecule has 4 aromatic rings. The number of esters is 1. The van der Waals surface area contributed by atoms with Crippen LogP contribution in [0, 0.1) is 0 Å². The Kier molecular flexibility index (Phi) is 5.73. The van der Waals surface area contributed by atoms with Crippen LogP contribution >= 0.6 is 12.2 Å². The summed E-state index contributed by atoms with van der Waals surface area (Å²) < 4.78 is 11.2. The van der Waals surface area contributed by atoms with Crippen molar-refractivity contribution < 1.29 is 19.1 Å². The largest absolute Gasteiger partial charge is 0.508 e. The second kappa shape index (κ2) is 8.99. The average molecular weight is 472 g/mol. The molecule has 0 saturated carbocycles. The Hall–Kier alpha value is -4.17. The first kappa shape index (κ1) is 21.7. The van der Waals surface area contributed by atoms with Crippen molar-refractivity contribution in [2.24, 2.45) is 0 Å². The van der Waals surface area contributed by atoms with E-state index in [9.17, 15) is 9.90 Å². The van der Waals surface area contributed by atoms with Gasteiger partial charge in [-0.25, -0.2) is 4.79 Å². The molecule has 1 saturated heterocycles. The van der Waals surface area contributed by atoms with Crippen molar-refractivity contribution in [3.05, 3.63) is 102 Å². The molecule has 1 aliphatic heterocycles. The summed E-state index contributed by atoms with van der Waals surface area (Å²) in [5.41, 5.74) is 2.83. The summed E-state index contributed by atoms with van der Waals surface area (Å²) in [6, 6.07) is 22.9. The number of pyridine rings is 1. The maximum atomic E-state index is 12.0. The van der Waals surface area contributed by atoms with E-state index < -0.39 is 5.97 Å². The first-order valence-electron chi connectivity index (χ1n) is 10.6. The minimum absolute atomic E-state index is 0.172. The van der Waals surface area contributed by atoms with Gasteiger partial charge in [0, 0.05) is 17.4 Å². The Bertz CT molecular complexity index is 1340. The minimum atomic E-state index is -0.410. The standard InChI is InChI=1S/C26H21N3O4S/c1-32-25(31)17-6-4-5-16(15-17)21-12-13-22(33-21)24-23(20-7-2-3-14-27-20)28-26(34)29(24)18-8-10-19(30)11-9-18/h2-15,23-24,30H,1H3,(H,28,34)/t23-,24+/m0/s1. The molecule has 5 rings (SSSR count). The number of carbonyl (C=O) groups is 1. The summed E-state index contributed by atoms with van der Waals surface area (Å²) in [5.74, 6) is 1.05. The number of anilines is 1. The van der Waals surface area contributed by atoms with Crippen LogP contribution in [-0.4, -0.2) is 28.3 Å². The highest BCUT2D eigenvalue weighted by Gasteiger charge is 2.42. The topological polar surface area (TPSA) is 87.8 Å². The van der Waals surface area contributed by atoms with Gasteiger partial charge >= 0.3 is 5.97 Å². The van der Waals surface area contributed by atoms with E-state index in [2.05, 4.69) is 10.3 Å². The smallest absolute Gasteiger partial charge is 0.337 e. The highest BCUT2D eigenvalue weighted by Crippen LogP contribution is 2.43. The molecule has 34 heavy (non-hydrogen) atoms. The van der Waals surface area contributed by atoms with Gasteiger partial charge in [0.2, 0.25) is 0 Å². The van der Waals surface area contributed by atoms with Gasteiger partial charge in [-0.2, -0.15) is 0 Å². The van der Waals surface area contributed by atoms with E-state index in [4.69, 9.17) is 21.4 Å². The molecular formula is C26H21N3O4S. The monoisotopic (exact) mass is 471 g/mol. The zero-order valence-electron chi connectivity index (χ0n) is 18.2. The fourth-order valence-corrected chi connectivity index (χ4v) is 4.47. The highest BCUT2D eigenvalue weighted by atomic mass is 32.1. The third-order valence-electron chi connectivity index (χ3n) is 5.71. The van der Waals surface area contributed by atoms with E-state index in [1.165, 1.54) is 7.11 Å². The lowest BCUT2D eigenvalue weighted by Gasteiger charge is -2.26. The quantitative estimate of drug-likeness (QED) is 0.310. The second-order valence-corrected chi connectivity index (χ2v) is 8.17. The van der Waals surface area contributed by atoms with E-state index >= 15 is 0 Å². The van der Waals surface area contributed by atoms with Crippen molar-refractivity contribution in [1.82, 2.24) is 10.3 Å². The van der Waals surface area contributed by atoms with E-state index in [1.54, 1.807) is 48.7 Å². The zero-order chi connectivity index (χ0) is 23.7. The fourth-order valence-electron chi connectivity index (χ4n) is 4.12. The van der Waals surface area contributed by atoms with Crippen molar-refractivity contribution in [1.29, 1.82) is 0 Å².